The number of piperidine rings is 1. The van der Waals surface area contributed by atoms with Gasteiger partial charge in [0.1, 0.15) is 5.82 Å². The number of H-pyrrole nitrogens is 1. The van der Waals surface area contributed by atoms with Crippen molar-refractivity contribution in [3.8, 4) is 0 Å². The number of ether oxygens (including phenoxy) is 1. The number of nitrogens with one attached hydrogen (secondary N) is 1. The van der Waals surface area contributed by atoms with E-state index >= 15 is 0 Å². The molecule has 0 radical (unpaired) electrons. The van der Waals surface area contributed by atoms with Crippen molar-refractivity contribution in [2.75, 3.05) is 13.1 Å². The first-order chi connectivity index (χ1) is 12.0. The van der Waals surface area contributed by atoms with Crippen LogP contribution in [0.4, 0.5) is 4.39 Å². The van der Waals surface area contributed by atoms with Gasteiger partial charge >= 0.3 is 0 Å². The number of hydrogen-bond donors (Lipinski definition) is 1. The first kappa shape index (κ1) is 17.6. The minimum absolute atomic E-state index is 0.0102. The molecular weight excluding hydrogens is 321 g/mol. The van der Waals surface area contributed by atoms with Gasteiger partial charge in [0.25, 0.3) is 5.91 Å². The van der Waals surface area contributed by atoms with Crippen LogP contribution in [0, 0.1) is 5.82 Å². The van der Waals surface area contributed by atoms with Gasteiger partial charge < -0.3 is 9.64 Å². The van der Waals surface area contributed by atoms with E-state index in [9.17, 15) is 9.18 Å². The van der Waals surface area contributed by atoms with Crippen molar-refractivity contribution in [2.45, 2.75) is 45.3 Å². The maximum atomic E-state index is 14.0. The molecule has 0 spiro atoms. The monoisotopic (exact) mass is 345 g/mol. The highest BCUT2D eigenvalue weighted by atomic mass is 19.1. The number of likely N-dealkylation sites (tertiary alicyclic amines) is 1. The van der Waals surface area contributed by atoms with Gasteiger partial charge in [0, 0.05) is 42.0 Å². The molecule has 1 saturated heterocycles. The highest BCUT2D eigenvalue weighted by molar-refractivity contribution is 5.94. The van der Waals surface area contributed by atoms with Crippen LogP contribution in [0.15, 0.2) is 30.5 Å². The standard InChI is InChI=1S/C19H24FN3O2/c1-13(2)25-12-16-10-14(5-6-17(16)20)19(24)23-9-3-4-15(11-23)18-7-8-21-22-18/h5-8,10,13,15H,3-4,9,11-12H2,1-2H3,(H,21,22)/t15-/m1/s1. The largest absolute Gasteiger partial charge is 0.374 e. The minimum Gasteiger partial charge on any atom is -0.374 e. The third kappa shape index (κ3) is 4.25. The molecule has 0 saturated carbocycles. The zero-order chi connectivity index (χ0) is 17.8. The van der Waals surface area contributed by atoms with Crippen molar-refractivity contribution in [2.24, 2.45) is 0 Å². The lowest BCUT2D eigenvalue weighted by molar-refractivity contribution is 0.0636. The van der Waals surface area contributed by atoms with Gasteiger partial charge in [-0.25, -0.2) is 4.39 Å². The van der Waals surface area contributed by atoms with Gasteiger partial charge in [-0.15, -0.1) is 0 Å². The second kappa shape index (κ2) is 7.78. The molecule has 1 aromatic heterocycles. The van der Waals surface area contributed by atoms with Gasteiger partial charge in [0.05, 0.1) is 12.7 Å². The average Bonchev–Trinajstić information content (AvgIpc) is 3.15. The number of aromatic amines is 1. The highest BCUT2D eigenvalue weighted by Gasteiger charge is 2.26. The summed E-state index contributed by atoms with van der Waals surface area (Å²) < 4.78 is 19.4. The molecule has 1 amide bonds. The van der Waals surface area contributed by atoms with Crippen LogP contribution in [0.25, 0.3) is 0 Å². The van der Waals surface area contributed by atoms with Gasteiger partial charge in [0.2, 0.25) is 0 Å². The van der Waals surface area contributed by atoms with Crippen LogP contribution in [0.3, 0.4) is 0 Å². The molecule has 1 aliphatic rings. The third-order valence-electron chi connectivity index (χ3n) is 4.54. The fraction of sp³-hybridized carbons (Fsp3) is 0.474. The number of benzene rings is 1. The van der Waals surface area contributed by atoms with Gasteiger partial charge in [-0.1, -0.05) is 0 Å². The Kier molecular flexibility index (Phi) is 5.48. The van der Waals surface area contributed by atoms with Gasteiger partial charge in [-0.05, 0) is 51.0 Å². The maximum Gasteiger partial charge on any atom is 0.253 e. The predicted octanol–water partition coefficient (Wildman–Crippen LogP) is 3.49. The Morgan fingerprint density at radius 3 is 3.00 bits per heavy atom. The Balaban J connectivity index is 1.72. The summed E-state index contributed by atoms with van der Waals surface area (Å²) in [7, 11) is 0. The Hall–Kier alpha value is -2.21. The number of hydrogen-bond acceptors (Lipinski definition) is 3. The van der Waals surface area contributed by atoms with Crippen LogP contribution < -0.4 is 0 Å². The summed E-state index contributed by atoms with van der Waals surface area (Å²) in [5.41, 5.74) is 1.98. The van der Waals surface area contributed by atoms with E-state index in [4.69, 9.17) is 4.74 Å². The topological polar surface area (TPSA) is 58.2 Å². The fourth-order valence-electron chi connectivity index (χ4n) is 3.17. The Bertz CT molecular complexity index is 715. The van der Waals surface area contributed by atoms with Crippen LogP contribution in [-0.2, 0) is 11.3 Å². The van der Waals surface area contributed by atoms with Gasteiger partial charge in [0.15, 0.2) is 0 Å². The third-order valence-corrected chi connectivity index (χ3v) is 4.54. The molecule has 5 nitrogen and oxygen atoms in total. The molecule has 1 aromatic carbocycles. The molecular formula is C19H24FN3O2. The molecule has 1 fully saturated rings. The van der Waals surface area contributed by atoms with E-state index in [0.717, 1.165) is 25.1 Å². The molecule has 3 rings (SSSR count). The van der Waals surface area contributed by atoms with E-state index in [-0.39, 0.29) is 30.4 Å². The van der Waals surface area contributed by atoms with E-state index in [2.05, 4.69) is 10.2 Å². The number of carbonyl (C=O) groups is 1. The van der Waals surface area contributed by atoms with Crippen LogP contribution in [0.1, 0.15) is 54.2 Å². The summed E-state index contributed by atoms with van der Waals surface area (Å²) in [6, 6.07) is 6.47. The summed E-state index contributed by atoms with van der Waals surface area (Å²) in [4.78, 5) is 14.7. The molecule has 0 bridgehead atoms. The molecule has 1 atom stereocenters. The van der Waals surface area contributed by atoms with E-state index in [1.54, 1.807) is 18.3 Å². The number of aromatic nitrogens is 2. The highest BCUT2D eigenvalue weighted by Crippen LogP contribution is 2.26. The molecule has 1 aliphatic heterocycles. The summed E-state index contributed by atoms with van der Waals surface area (Å²) in [6.07, 6.45) is 3.72. The summed E-state index contributed by atoms with van der Waals surface area (Å²) in [5, 5.41) is 6.99. The van der Waals surface area contributed by atoms with E-state index < -0.39 is 0 Å². The molecule has 2 aromatic rings. The predicted molar refractivity (Wildman–Crippen MR) is 92.8 cm³/mol. The Morgan fingerprint density at radius 1 is 1.44 bits per heavy atom. The first-order valence-corrected chi connectivity index (χ1v) is 8.73. The van der Waals surface area contributed by atoms with Gasteiger partial charge in [-0.2, -0.15) is 5.10 Å². The van der Waals surface area contributed by atoms with Crippen LogP contribution in [-0.4, -0.2) is 40.2 Å². The quantitative estimate of drug-likeness (QED) is 0.902. The molecule has 2 heterocycles. The smallest absolute Gasteiger partial charge is 0.253 e. The van der Waals surface area contributed by atoms with E-state index in [1.807, 2.05) is 24.8 Å². The summed E-state index contributed by atoms with van der Waals surface area (Å²) >= 11 is 0. The summed E-state index contributed by atoms with van der Waals surface area (Å²) in [6.45, 7) is 5.34. The SMILES string of the molecule is CC(C)OCc1cc(C(=O)N2CCC[C@@H](c3ccn[nH]3)C2)ccc1F. The van der Waals surface area contributed by atoms with Crippen molar-refractivity contribution in [3.05, 3.63) is 53.1 Å². The molecule has 0 aliphatic carbocycles. The molecule has 25 heavy (non-hydrogen) atoms. The second-order valence-corrected chi connectivity index (χ2v) is 6.77. The first-order valence-electron chi connectivity index (χ1n) is 8.73. The van der Waals surface area contributed by atoms with Crippen LogP contribution >= 0.6 is 0 Å². The normalized spacial score (nSPS) is 17.9. The number of rotatable bonds is 5. The van der Waals surface area contributed by atoms with Crippen molar-refractivity contribution >= 4 is 5.91 Å². The number of nitrogens with zero attached hydrogens (tertiary/aromatic N) is 2. The number of carbonyl (C=O) groups excluding carboxylic acids is 1. The second-order valence-electron chi connectivity index (χ2n) is 6.77. The number of amides is 1. The van der Waals surface area contributed by atoms with Crippen molar-refractivity contribution in [1.82, 2.24) is 15.1 Å². The van der Waals surface area contributed by atoms with Crippen molar-refractivity contribution in [3.63, 3.8) is 0 Å². The zero-order valence-corrected chi connectivity index (χ0v) is 14.7. The maximum absolute atomic E-state index is 14.0. The Morgan fingerprint density at radius 2 is 2.28 bits per heavy atom. The molecule has 0 unspecified atom stereocenters. The van der Waals surface area contributed by atoms with E-state index in [1.165, 1.54) is 6.07 Å². The molecule has 6 heteroatoms. The number of halogens is 1. The summed E-state index contributed by atoms with van der Waals surface area (Å²) in [5.74, 6) is -0.134. The fourth-order valence-corrected chi connectivity index (χ4v) is 3.17. The zero-order valence-electron chi connectivity index (χ0n) is 14.7. The lowest BCUT2D eigenvalue weighted by atomic mass is 9.94. The van der Waals surface area contributed by atoms with Gasteiger partial charge in [-0.3, -0.25) is 9.89 Å². The lowest BCUT2D eigenvalue weighted by Crippen LogP contribution is -2.39. The van der Waals surface area contributed by atoms with Crippen molar-refractivity contribution < 1.29 is 13.9 Å². The molecule has 1 N–H and O–H groups in total. The minimum atomic E-state index is -0.341. The van der Waals surface area contributed by atoms with Crippen LogP contribution in [0.5, 0.6) is 0 Å². The lowest BCUT2D eigenvalue weighted by Gasteiger charge is -2.32. The Labute approximate surface area is 147 Å². The molecule has 134 valence electrons. The van der Waals surface area contributed by atoms with Crippen molar-refractivity contribution in [1.29, 1.82) is 0 Å². The van der Waals surface area contributed by atoms with E-state index in [0.29, 0.717) is 17.7 Å². The van der Waals surface area contributed by atoms with Crippen LogP contribution in [0.2, 0.25) is 0 Å². The average molecular weight is 345 g/mol.